The molecule has 186 valence electrons. The third-order valence-corrected chi connectivity index (χ3v) is 5.82. The molecule has 0 aliphatic rings. The molecule has 1 aromatic heterocycles. The zero-order chi connectivity index (χ0) is 25.9. The molecule has 7 nitrogen and oxygen atoms in total. The maximum Gasteiger partial charge on any atom is 0.417 e. The quantitative estimate of drug-likeness (QED) is 0.305. The van der Waals surface area contributed by atoms with E-state index in [0.717, 1.165) is 22.5 Å². The van der Waals surface area contributed by atoms with Crippen LogP contribution in [0.25, 0.3) is 0 Å². The molecule has 1 amide bonds. The van der Waals surface area contributed by atoms with Crippen LogP contribution in [0.5, 0.6) is 11.5 Å². The van der Waals surface area contributed by atoms with Crippen molar-refractivity contribution in [3.63, 3.8) is 0 Å². The molecule has 0 saturated heterocycles. The molecule has 0 aliphatic heterocycles. The highest BCUT2D eigenvalue weighted by molar-refractivity contribution is 7.80. The van der Waals surface area contributed by atoms with Crippen LogP contribution in [0.3, 0.4) is 0 Å². The number of nitrogens with one attached hydrogen (secondary N) is 1. The molecule has 2 aromatic carbocycles. The summed E-state index contributed by atoms with van der Waals surface area (Å²) in [5, 5.41) is 1.73. The lowest BCUT2D eigenvalue weighted by Gasteiger charge is -2.23. The third kappa shape index (κ3) is 6.27. The fourth-order valence-corrected chi connectivity index (χ4v) is 3.79. The fraction of sp³-hybridized carbons (Fsp3) is 0.182. The van der Waals surface area contributed by atoms with Crippen molar-refractivity contribution in [2.75, 3.05) is 16.2 Å². The second kappa shape index (κ2) is 10.6. The summed E-state index contributed by atoms with van der Waals surface area (Å²) in [5.74, 6) is -1.90. The number of aryl methyl sites for hydroxylation is 1. The van der Waals surface area contributed by atoms with E-state index >= 15 is 0 Å². The summed E-state index contributed by atoms with van der Waals surface area (Å²) < 4.78 is 83.0. The molecule has 1 atom stereocenters. The smallest absolute Gasteiger partial charge is 0.417 e. The molecular weight excluding hydrogens is 514 g/mol. The van der Waals surface area contributed by atoms with Crippen LogP contribution in [0.4, 0.5) is 29.1 Å². The standard InChI is InChI=1S/C22H18ClF4N3O4S/c1-3-30(35(32)33)20-9-14(6-7-28-20)29-21(31)15-10-17(23)16(22(25,26)27)11-19(15)34-18-5-4-13(24)8-12(18)2/h4-11H,3H2,1-2H3,(H,32,33)(H,28,29,31)/p-1. The summed E-state index contributed by atoms with van der Waals surface area (Å²) in [6.07, 6.45) is -3.58. The van der Waals surface area contributed by atoms with Crippen molar-refractivity contribution < 1.29 is 35.9 Å². The molecule has 3 aromatic rings. The van der Waals surface area contributed by atoms with Crippen LogP contribution in [-0.4, -0.2) is 26.2 Å². The maximum absolute atomic E-state index is 13.4. The Morgan fingerprint density at radius 2 is 1.91 bits per heavy atom. The van der Waals surface area contributed by atoms with Crippen molar-refractivity contribution in [1.82, 2.24) is 4.98 Å². The van der Waals surface area contributed by atoms with Crippen LogP contribution in [0.2, 0.25) is 5.02 Å². The summed E-state index contributed by atoms with van der Waals surface area (Å²) in [5.41, 5.74) is -1.18. The number of carbonyl (C=O) groups excluding carboxylic acids is 1. The van der Waals surface area contributed by atoms with Gasteiger partial charge in [-0.25, -0.2) is 9.37 Å². The average molecular weight is 531 g/mol. The van der Waals surface area contributed by atoms with Gasteiger partial charge in [0.25, 0.3) is 5.91 Å². The van der Waals surface area contributed by atoms with Crippen molar-refractivity contribution >= 4 is 40.3 Å². The lowest BCUT2D eigenvalue weighted by Crippen LogP contribution is -2.26. The van der Waals surface area contributed by atoms with Crippen LogP contribution in [0.15, 0.2) is 48.7 Å². The van der Waals surface area contributed by atoms with Gasteiger partial charge < -0.3 is 14.6 Å². The van der Waals surface area contributed by atoms with E-state index < -0.39 is 45.5 Å². The van der Waals surface area contributed by atoms with E-state index in [1.54, 1.807) is 6.92 Å². The van der Waals surface area contributed by atoms with E-state index in [2.05, 4.69) is 10.3 Å². The number of pyridine rings is 1. The molecule has 13 heteroatoms. The highest BCUT2D eigenvalue weighted by Gasteiger charge is 2.35. The molecule has 0 radical (unpaired) electrons. The number of benzene rings is 2. The molecule has 0 spiro atoms. The molecule has 35 heavy (non-hydrogen) atoms. The number of hydrogen-bond acceptors (Lipinski definition) is 5. The SMILES string of the molecule is CCN(c1cc(NC(=O)c2cc(Cl)c(C(F)(F)F)cc2Oc2ccc(F)cc2C)ccn1)S(=O)[O-]. The van der Waals surface area contributed by atoms with Gasteiger partial charge >= 0.3 is 6.18 Å². The Morgan fingerprint density at radius 3 is 2.51 bits per heavy atom. The minimum absolute atomic E-state index is 0.0162. The van der Waals surface area contributed by atoms with E-state index in [9.17, 15) is 31.1 Å². The number of amides is 1. The minimum Gasteiger partial charge on any atom is -0.755 e. The van der Waals surface area contributed by atoms with Crippen LogP contribution < -0.4 is 14.4 Å². The molecule has 1 N–H and O–H groups in total. The second-order valence-electron chi connectivity index (χ2n) is 7.11. The summed E-state index contributed by atoms with van der Waals surface area (Å²) in [4.78, 5) is 17.0. The molecule has 3 rings (SSSR count). The number of carbonyl (C=O) groups is 1. The van der Waals surface area contributed by atoms with E-state index in [1.807, 2.05) is 0 Å². The Bertz CT molecular complexity index is 1290. The Kier molecular flexibility index (Phi) is 7.98. The van der Waals surface area contributed by atoms with Crippen molar-refractivity contribution in [3.8, 4) is 11.5 Å². The van der Waals surface area contributed by atoms with Crippen LogP contribution >= 0.6 is 11.6 Å². The Balaban J connectivity index is 2.02. The monoisotopic (exact) mass is 530 g/mol. The number of aromatic nitrogens is 1. The van der Waals surface area contributed by atoms with Crippen LogP contribution in [0.1, 0.15) is 28.4 Å². The first-order valence-corrected chi connectivity index (χ1v) is 11.3. The Hall–Kier alpha value is -3.22. The fourth-order valence-electron chi connectivity index (χ4n) is 3.05. The van der Waals surface area contributed by atoms with Crippen molar-refractivity contribution in [2.45, 2.75) is 20.0 Å². The van der Waals surface area contributed by atoms with Gasteiger partial charge in [-0.05, 0) is 55.8 Å². The topological polar surface area (TPSA) is 94.6 Å². The Labute approximate surface area is 205 Å². The number of nitrogens with zero attached hydrogens (tertiary/aromatic N) is 2. The van der Waals surface area contributed by atoms with Gasteiger partial charge in [0.2, 0.25) is 0 Å². The first-order valence-electron chi connectivity index (χ1n) is 9.89. The van der Waals surface area contributed by atoms with Gasteiger partial charge in [0.1, 0.15) is 23.1 Å². The van der Waals surface area contributed by atoms with E-state index in [-0.39, 0.29) is 34.9 Å². The third-order valence-electron chi connectivity index (χ3n) is 4.70. The van der Waals surface area contributed by atoms with Gasteiger partial charge in [-0.2, -0.15) is 13.2 Å². The van der Waals surface area contributed by atoms with Gasteiger partial charge in [-0.3, -0.25) is 13.3 Å². The normalized spacial score (nSPS) is 12.2. The average Bonchev–Trinajstić information content (AvgIpc) is 2.76. The highest BCUT2D eigenvalue weighted by atomic mass is 35.5. The van der Waals surface area contributed by atoms with Gasteiger partial charge in [0.15, 0.2) is 0 Å². The number of anilines is 2. The summed E-state index contributed by atoms with van der Waals surface area (Å²) in [7, 11) is 0. The molecule has 1 unspecified atom stereocenters. The van der Waals surface area contributed by atoms with Gasteiger partial charge in [0.05, 0.1) is 16.1 Å². The molecule has 0 aliphatic carbocycles. The lowest BCUT2D eigenvalue weighted by atomic mass is 10.1. The van der Waals surface area contributed by atoms with E-state index in [4.69, 9.17) is 16.3 Å². The number of rotatable bonds is 7. The molecule has 0 bridgehead atoms. The van der Waals surface area contributed by atoms with Gasteiger partial charge in [-0.1, -0.05) is 11.6 Å². The van der Waals surface area contributed by atoms with Crippen molar-refractivity contribution in [2.24, 2.45) is 0 Å². The van der Waals surface area contributed by atoms with Crippen molar-refractivity contribution in [3.05, 3.63) is 76.2 Å². The maximum atomic E-state index is 13.4. The highest BCUT2D eigenvalue weighted by Crippen LogP contribution is 2.40. The summed E-state index contributed by atoms with van der Waals surface area (Å²) in [6.45, 7) is 3.13. The number of ether oxygens (including phenoxy) is 1. The van der Waals surface area contributed by atoms with Crippen LogP contribution in [-0.2, 0) is 17.4 Å². The largest absolute Gasteiger partial charge is 0.755 e. The second-order valence-corrected chi connectivity index (χ2v) is 8.39. The predicted molar refractivity (Wildman–Crippen MR) is 122 cm³/mol. The lowest BCUT2D eigenvalue weighted by molar-refractivity contribution is -0.137. The van der Waals surface area contributed by atoms with Crippen molar-refractivity contribution in [1.29, 1.82) is 0 Å². The zero-order valence-corrected chi connectivity index (χ0v) is 19.7. The molecule has 0 fully saturated rings. The van der Waals surface area contributed by atoms with Gasteiger partial charge in [0, 0.05) is 35.8 Å². The van der Waals surface area contributed by atoms with Crippen LogP contribution in [0, 0.1) is 12.7 Å². The minimum atomic E-state index is -4.83. The molecule has 0 saturated carbocycles. The number of alkyl halides is 3. The molecule has 1 heterocycles. The first-order chi connectivity index (χ1) is 16.4. The number of halogens is 5. The predicted octanol–water partition coefficient (Wildman–Crippen LogP) is 5.87. The zero-order valence-electron chi connectivity index (χ0n) is 18.2. The van der Waals surface area contributed by atoms with Gasteiger partial charge in [-0.15, -0.1) is 0 Å². The Morgan fingerprint density at radius 1 is 1.20 bits per heavy atom. The molecular formula is C22H17ClF4N3O4S-. The summed E-state index contributed by atoms with van der Waals surface area (Å²) >= 11 is 3.20. The summed E-state index contributed by atoms with van der Waals surface area (Å²) in [6, 6.07) is 7.41. The van der Waals surface area contributed by atoms with E-state index in [1.165, 1.54) is 31.3 Å². The number of hydrogen-bond donors (Lipinski definition) is 1. The first kappa shape index (κ1) is 26.4. The van der Waals surface area contributed by atoms with E-state index in [0.29, 0.717) is 6.07 Å².